The van der Waals surface area contributed by atoms with Crippen molar-refractivity contribution in [2.24, 2.45) is 5.92 Å². The molecule has 1 heterocycles. The van der Waals surface area contributed by atoms with E-state index in [0.29, 0.717) is 12.0 Å². The second-order valence-corrected chi connectivity index (χ2v) is 6.53. The van der Waals surface area contributed by atoms with Crippen LogP contribution in [0.25, 0.3) is 0 Å². The van der Waals surface area contributed by atoms with Gasteiger partial charge in [-0.25, -0.2) is 0 Å². The molecule has 1 aliphatic carbocycles. The number of imide groups is 1. The smallest absolute Gasteiger partial charge is 0.244 e. The zero-order valence-electron chi connectivity index (χ0n) is 10.9. The maximum absolute atomic E-state index is 12.3. The third kappa shape index (κ3) is 2.13. The Morgan fingerprint density at radius 1 is 1.29 bits per heavy atom. The first kappa shape index (κ1) is 14.1. The molecule has 3 N–H and O–H groups in total. The number of aromatic hydroxyl groups is 1. The Bertz CT molecular complexity index is 629. The molecule has 1 aliphatic heterocycles. The van der Waals surface area contributed by atoms with Crippen LogP contribution in [0.1, 0.15) is 23.2 Å². The van der Waals surface area contributed by atoms with Crippen LogP contribution in [-0.2, 0) is 9.59 Å². The topological polar surface area (TPSA) is 104 Å². The number of phenols is 1. The first-order valence-electron chi connectivity index (χ1n) is 6.50. The van der Waals surface area contributed by atoms with Crippen molar-refractivity contribution in [2.75, 3.05) is 0 Å². The van der Waals surface area contributed by atoms with Gasteiger partial charge >= 0.3 is 0 Å². The number of amides is 2. The number of benzene rings is 1. The van der Waals surface area contributed by atoms with Gasteiger partial charge in [-0.15, -0.1) is 0 Å². The van der Waals surface area contributed by atoms with Gasteiger partial charge in [-0.3, -0.25) is 19.7 Å². The van der Waals surface area contributed by atoms with Crippen LogP contribution in [0.3, 0.4) is 0 Å². The second-order valence-electron chi connectivity index (χ2n) is 5.23. The van der Waals surface area contributed by atoms with E-state index in [0.717, 1.165) is 11.8 Å². The molecule has 0 radical (unpaired) electrons. The number of carbonyl (C=O) groups is 3. The molecule has 1 saturated carbocycles. The summed E-state index contributed by atoms with van der Waals surface area (Å²) in [6.45, 7) is 0. The van der Waals surface area contributed by atoms with E-state index >= 15 is 0 Å². The Balaban J connectivity index is 1.89. The normalized spacial score (nSPS) is 31.1. The summed E-state index contributed by atoms with van der Waals surface area (Å²) >= 11 is 0.786. The Morgan fingerprint density at radius 3 is 2.62 bits per heavy atom. The second kappa shape index (κ2) is 4.85. The van der Waals surface area contributed by atoms with E-state index in [1.54, 1.807) is 0 Å². The fourth-order valence-electron chi connectivity index (χ4n) is 2.91. The lowest BCUT2D eigenvalue weighted by atomic mass is 9.97. The fourth-order valence-corrected chi connectivity index (χ4v) is 4.25. The largest absolute Gasteiger partial charge is 0.508 e. The zero-order chi connectivity index (χ0) is 15.2. The summed E-state index contributed by atoms with van der Waals surface area (Å²) in [5.41, 5.74) is 0.333. The summed E-state index contributed by atoms with van der Waals surface area (Å²) in [6, 6.07) is 5.67. The minimum atomic E-state index is -1.22. The van der Waals surface area contributed by atoms with Crippen molar-refractivity contribution in [3.63, 3.8) is 0 Å². The molecule has 2 fully saturated rings. The molecule has 1 aromatic carbocycles. The number of aliphatic hydroxyl groups excluding tert-OH is 1. The van der Waals surface area contributed by atoms with E-state index in [-0.39, 0.29) is 17.3 Å². The molecule has 0 bridgehead atoms. The molecule has 3 atom stereocenters. The quantitative estimate of drug-likeness (QED) is 0.685. The summed E-state index contributed by atoms with van der Waals surface area (Å²) in [5, 5.41) is 21.0. The lowest BCUT2D eigenvalue weighted by Crippen LogP contribution is -2.38. The molecule has 0 unspecified atom stereocenters. The molecular weight excluding hydrogens is 294 g/mol. The standard InChI is InChI=1S/C14H13NO5S/c16-8-3-1-7(2-4-8)12(19)21-14-6-5-9(17)10(14)11(18)15-13(14)20/h1-4,9-10,16-17H,5-6H2,(H,15,18,20)/t9-,10-,14+/m1/s1. The van der Waals surface area contributed by atoms with E-state index in [4.69, 9.17) is 0 Å². The van der Waals surface area contributed by atoms with E-state index in [1.807, 2.05) is 0 Å². The SMILES string of the molecule is O=C(S[C@@]12CC[C@@H](O)[C@@H]1C(=O)NC2=O)c1ccc(O)cc1. The van der Waals surface area contributed by atoms with Crippen molar-refractivity contribution < 1.29 is 24.6 Å². The van der Waals surface area contributed by atoms with Crippen LogP contribution in [0.2, 0.25) is 0 Å². The number of hydrogen-bond acceptors (Lipinski definition) is 6. The number of carbonyl (C=O) groups excluding carboxylic acids is 3. The van der Waals surface area contributed by atoms with E-state index < -0.39 is 28.6 Å². The van der Waals surface area contributed by atoms with Gasteiger partial charge in [0.15, 0.2) is 0 Å². The molecule has 110 valence electrons. The average molecular weight is 307 g/mol. The number of nitrogens with one attached hydrogen (secondary N) is 1. The van der Waals surface area contributed by atoms with Crippen LogP contribution < -0.4 is 5.32 Å². The number of rotatable bonds is 2. The van der Waals surface area contributed by atoms with Crippen molar-refractivity contribution >= 4 is 28.7 Å². The van der Waals surface area contributed by atoms with Crippen molar-refractivity contribution in [1.82, 2.24) is 5.32 Å². The highest BCUT2D eigenvalue weighted by molar-refractivity contribution is 8.16. The van der Waals surface area contributed by atoms with Crippen molar-refractivity contribution in [1.29, 1.82) is 0 Å². The van der Waals surface area contributed by atoms with Crippen molar-refractivity contribution in [2.45, 2.75) is 23.7 Å². The molecule has 1 saturated heterocycles. The lowest BCUT2D eigenvalue weighted by Gasteiger charge is -2.23. The molecular formula is C14H13NO5S. The summed E-state index contributed by atoms with van der Waals surface area (Å²) in [5.74, 6) is -1.86. The first-order valence-corrected chi connectivity index (χ1v) is 7.31. The lowest BCUT2D eigenvalue weighted by molar-refractivity contribution is -0.127. The van der Waals surface area contributed by atoms with Gasteiger partial charge in [0.1, 0.15) is 10.5 Å². The van der Waals surface area contributed by atoms with Crippen molar-refractivity contribution in [3.05, 3.63) is 29.8 Å². The van der Waals surface area contributed by atoms with Crippen LogP contribution in [0.4, 0.5) is 0 Å². The van der Waals surface area contributed by atoms with Gasteiger partial charge in [0.25, 0.3) is 0 Å². The number of fused-ring (bicyclic) bond motifs is 1. The van der Waals surface area contributed by atoms with Gasteiger partial charge in [0.05, 0.1) is 12.0 Å². The van der Waals surface area contributed by atoms with Gasteiger partial charge in [-0.2, -0.15) is 0 Å². The predicted molar refractivity (Wildman–Crippen MR) is 74.6 cm³/mol. The van der Waals surface area contributed by atoms with Gasteiger partial charge < -0.3 is 10.2 Å². The zero-order valence-corrected chi connectivity index (χ0v) is 11.7. The molecule has 7 heteroatoms. The summed E-state index contributed by atoms with van der Waals surface area (Å²) in [6.07, 6.45) is -0.304. The minimum absolute atomic E-state index is 0.0395. The van der Waals surface area contributed by atoms with Gasteiger partial charge in [0, 0.05) is 5.56 Å². The van der Waals surface area contributed by atoms with E-state index in [1.165, 1.54) is 24.3 Å². The van der Waals surface area contributed by atoms with Crippen LogP contribution in [-0.4, -0.2) is 38.0 Å². The number of aliphatic hydroxyl groups is 1. The Hall–Kier alpha value is -1.86. The maximum Gasteiger partial charge on any atom is 0.244 e. The van der Waals surface area contributed by atoms with Crippen LogP contribution in [0.5, 0.6) is 5.75 Å². The molecule has 1 aromatic rings. The van der Waals surface area contributed by atoms with Gasteiger partial charge in [-0.05, 0) is 37.1 Å². The number of thioether (sulfide) groups is 1. The number of hydrogen-bond donors (Lipinski definition) is 3. The summed E-state index contributed by atoms with van der Waals surface area (Å²) in [4.78, 5) is 36.2. The predicted octanol–water partition coefficient (Wildman–Crippen LogP) is 0.432. The highest BCUT2D eigenvalue weighted by Crippen LogP contribution is 2.50. The number of phenolic OH excluding ortho intramolecular Hbond substituents is 1. The molecule has 6 nitrogen and oxygen atoms in total. The highest BCUT2D eigenvalue weighted by Gasteiger charge is 2.63. The molecule has 21 heavy (non-hydrogen) atoms. The molecule has 2 aliphatic rings. The third-order valence-electron chi connectivity index (χ3n) is 3.98. The van der Waals surface area contributed by atoms with Crippen LogP contribution in [0.15, 0.2) is 24.3 Å². The molecule has 0 aromatic heterocycles. The van der Waals surface area contributed by atoms with Gasteiger partial charge in [0.2, 0.25) is 16.9 Å². The average Bonchev–Trinajstić information content (AvgIpc) is 2.88. The van der Waals surface area contributed by atoms with Crippen molar-refractivity contribution in [3.8, 4) is 5.75 Å². The Kier molecular flexibility index (Phi) is 3.26. The third-order valence-corrected chi connectivity index (χ3v) is 5.41. The molecule has 3 rings (SSSR count). The highest BCUT2D eigenvalue weighted by atomic mass is 32.2. The fraction of sp³-hybridized carbons (Fsp3) is 0.357. The van der Waals surface area contributed by atoms with E-state index in [9.17, 15) is 24.6 Å². The molecule has 2 amide bonds. The summed E-state index contributed by atoms with van der Waals surface area (Å²) in [7, 11) is 0. The summed E-state index contributed by atoms with van der Waals surface area (Å²) < 4.78 is -1.22. The maximum atomic E-state index is 12.3. The molecule has 0 spiro atoms. The monoisotopic (exact) mass is 307 g/mol. The first-order chi connectivity index (χ1) is 9.94. The van der Waals surface area contributed by atoms with Gasteiger partial charge in [-0.1, -0.05) is 11.8 Å². The Morgan fingerprint density at radius 2 is 1.95 bits per heavy atom. The van der Waals surface area contributed by atoms with E-state index in [2.05, 4.69) is 5.32 Å². The Labute approximate surface area is 124 Å². The minimum Gasteiger partial charge on any atom is -0.508 e. The van der Waals surface area contributed by atoms with Crippen LogP contribution >= 0.6 is 11.8 Å². The van der Waals surface area contributed by atoms with Crippen LogP contribution in [0, 0.1) is 5.92 Å².